The molecule has 0 bridgehead atoms. The summed E-state index contributed by atoms with van der Waals surface area (Å²) in [5.74, 6) is -0.278. The van der Waals surface area contributed by atoms with Crippen LogP contribution in [0.1, 0.15) is 50.4 Å². The number of likely N-dealkylation sites (tertiary alicyclic amines) is 1. The average Bonchev–Trinajstić information content (AvgIpc) is 2.82. The molecule has 1 unspecified atom stereocenters. The number of benzene rings is 1. The Hall–Kier alpha value is -1.83. The zero-order valence-electron chi connectivity index (χ0n) is 20.7. The van der Waals surface area contributed by atoms with Crippen LogP contribution in [-0.2, 0) is 4.79 Å². The van der Waals surface area contributed by atoms with Crippen molar-refractivity contribution in [3.63, 3.8) is 0 Å². The number of aliphatic hydroxyl groups is 1. The van der Waals surface area contributed by atoms with Crippen molar-refractivity contribution in [1.82, 2.24) is 14.7 Å². The minimum Gasteiger partial charge on any atom is -0.380 e. The first kappa shape index (κ1) is 25.8. The summed E-state index contributed by atoms with van der Waals surface area (Å²) in [7, 11) is 3.45. The van der Waals surface area contributed by atoms with Crippen molar-refractivity contribution in [2.45, 2.75) is 51.7 Å². The molecule has 0 saturated carbocycles. The predicted octanol–water partition coefficient (Wildman–Crippen LogP) is 2.95. The van der Waals surface area contributed by atoms with Crippen molar-refractivity contribution < 1.29 is 14.7 Å². The fourth-order valence-electron chi connectivity index (χ4n) is 4.82. The van der Waals surface area contributed by atoms with Crippen LogP contribution in [0, 0.1) is 5.92 Å². The van der Waals surface area contributed by atoms with E-state index in [-0.39, 0.29) is 17.7 Å². The number of carbonyl (C=O) groups is 2. The monoisotopic (exact) mass is 478 g/mol. The van der Waals surface area contributed by atoms with E-state index in [1.54, 1.807) is 21.0 Å². The normalized spacial score (nSPS) is 20.9. The minimum atomic E-state index is -1.29. The van der Waals surface area contributed by atoms with Crippen LogP contribution in [0.15, 0.2) is 18.2 Å². The van der Waals surface area contributed by atoms with E-state index in [9.17, 15) is 14.7 Å². The Balaban J connectivity index is 1.52. The van der Waals surface area contributed by atoms with Gasteiger partial charge in [0.05, 0.1) is 10.6 Å². The number of halogens is 1. The topological polar surface area (TPSA) is 67.3 Å². The van der Waals surface area contributed by atoms with Crippen molar-refractivity contribution in [3.8, 4) is 0 Å². The van der Waals surface area contributed by atoms with Gasteiger partial charge in [-0.1, -0.05) is 31.9 Å². The molecule has 2 aliphatic heterocycles. The highest BCUT2D eigenvalue weighted by Gasteiger charge is 2.40. The molecule has 2 fully saturated rings. The molecular weight excluding hydrogens is 440 g/mol. The van der Waals surface area contributed by atoms with Gasteiger partial charge in [-0.25, -0.2) is 0 Å². The molecule has 2 atom stereocenters. The van der Waals surface area contributed by atoms with E-state index in [1.165, 1.54) is 4.90 Å². The highest BCUT2D eigenvalue weighted by molar-refractivity contribution is 6.34. The zero-order chi connectivity index (χ0) is 24.3. The lowest BCUT2D eigenvalue weighted by molar-refractivity contribution is -0.156. The summed E-state index contributed by atoms with van der Waals surface area (Å²) >= 11 is 6.40. The van der Waals surface area contributed by atoms with E-state index in [4.69, 9.17) is 11.6 Å². The molecular formula is C25H39ClN4O3. The van der Waals surface area contributed by atoms with Crippen LogP contribution in [0.2, 0.25) is 5.02 Å². The lowest BCUT2D eigenvalue weighted by atomic mass is 9.86. The largest absolute Gasteiger partial charge is 0.380 e. The van der Waals surface area contributed by atoms with Gasteiger partial charge in [0, 0.05) is 65.1 Å². The van der Waals surface area contributed by atoms with Crippen molar-refractivity contribution in [3.05, 3.63) is 28.8 Å². The number of piperazine rings is 1. The van der Waals surface area contributed by atoms with Gasteiger partial charge in [-0.05, 0) is 43.9 Å². The Labute approximate surface area is 203 Å². The maximum atomic E-state index is 12.9. The predicted molar refractivity (Wildman–Crippen MR) is 133 cm³/mol. The summed E-state index contributed by atoms with van der Waals surface area (Å²) in [6.45, 7) is 10.7. The Morgan fingerprint density at radius 2 is 1.76 bits per heavy atom. The maximum absolute atomic E-state index is 12.9. The number of rotatable bonds is 6. The Bertz CT molecular complexity index is 844. The van der Waals surface area contributed by atoms with Crippen LogP contribution >= 0.6 is 11.6 Å². The van der Waals surface area contributed by atoms with E-state index < -0.39 is 5.60 Å². The summed E-state index contributed by atoms with van der Waals surface area (Å²) in [6, 6.07) is 6.15. The van der Waals surface area contributed by atoms with Gasteiger partial charge in [0.15, 0.2) is 0 Å². The highest BCUT2D eigenvalue weighted by atomic mass is 35.5. The van der Waals surface area contributed by atoms with Gasteiger partial charge in [-0.3, -0.25) is 14.5 Å². The quantitative estimate of drug-likeness (QED) is 0.680. The molecule has 0 aliphatic carbocycles. The first-order chi connectivity index (χ1) is 15.6. The van der Waals surface area contributed by atoms with Crippen LogP contribution in [0.3, 0.4) is 0 Å². The third-order valence-electron chi connectivity index (χ3n) is 7.54. The second-order valence-electron chi connectivity index (χ2n) is 9.87. The van der Waals surface area contributed by atoms with Gasteiger partial charge >= 0.3 is 0 Å². The van der Waals surface area contributed by atoms with Crippen molar-refractivity contribution >= 4 is 29.1 Å². The molecule has 0 radical (unpaired) electrons. The Morgan fingerprint density at radius 3 is 2.27 bits per heavy atom. The second kappa shape index (κ2) is 10.6. The molecule has 33 heavy (non-hydrogen) atoms. The number of hydrogen-bond donors (Lipinski definition) is 1. The third kappa shape index (κ3) is 5.64. The molecule has 184 valence electrons. The van der Waals surface area contributed by atoms with Gasteiger partial charge in [0.25, 0.3) is 11.8 Å². The lowest BCUT2D eigenvalue weighted by Crippen LogP contribution is -2.57. The SMILES string of the molecule is CCC(C)[C@@](C)(O)C(=O)N1CCC(N2CCN(c3ccc(C(=O)N(C)C)c(Cl)c3)CC2)CC1. The molecule has 0 spiro atoms. The third-order valence-corrected chi connectivity index (χ3v) is 7.85. The van der Waals surface area contributed by atoms with Crippen LogP contribution in [0.25, 0.3) is 0 Å². The molecule has 1 aromatic carbocycles. The summed E-state index contributed by atoms with van der Waals surface area (Å²) in [5.41, 5.74) is 0.279. The average molecular weight is 479 g/mol. The number of hydrogen-bond acceptors (Lipinski definition) is 5. The van der Waals surface area contributed by atoms with E-state index in [1.807, 2.05) is 36.9 Å². The van der Waals surface area contributed by atoms with E-state index in [0.29, 0.717) is 29.7 Å². The molecule has 0 aromatic heterocycles. The number of amides is 2. The fourth-order valence-corrected chi connectivity index (χ4v) is 5.08. The Morgan fingerprint density at radius 1 is 1.15 bits per heavy atom. The lowest BCUT2D eigenvalue weighted by Gasteiger charge is -2.44. The number of piperidine rings is 1. The first-order valence-corrected chi connectivity index (χ1v) is 12.5. The standard InChI is InChI=1S/C25H39ClN4O3/c1-6-18(2)25(3,33)24(32)30-11-9-19(10-12-30)28-13-15-29(16-14-28)20-7-8-21(22(26)17-20)23(31)27(4)5/h7-8,17-19,33H,6,9-16H2,1-5H3/t18?,25-/m1/s1. The Kier molecular flexibility index (Phi) is 8.30. The van der Waals surface area contributed by atoms with Crippen molar-refractivity contribution in [2.24, 2.45) is 5.92 Å². The van der Waals surface area contributed by atoms with Crippen molar-refractivity contribution in [1.29, 1.82) is 0 Å². The molecule has 1 N–H and O–H groups in total. The summed E-state index contributed by atoms with van der Waals surface area (Å²) < 4.78 is 0. The molecule has 2 saturated heterocycles. The van der Waals surface area contributed by atoms with Gasteiger partial charge in [-0.15, -0.1) is 0 Å². The van der Waals surface area contributed by atoms with Crippen LogP contribution < -0.4 is 4.90 Å². The molecule has 1 aromatic rings. The molecule has 2 amide bonds. The minimum absolute atomic E-state index is 0.0561. The molecule has 2 aliphatic rings. The van der Waals surface area contributed by atoms with Gasteiger partial charge in [0.2, 0.25) is 0 Å². The van der Waals surface area contributed by atoms with Crippen LogP contribution in [-0.4, -0.2) is 96.6 Å². The van der Waals surface area contributed by atoms with E-state index in [2.05, 4.69) is 9.80 Å². The van der Waals surface area contributed by atoms with Crippen LogP contribution in [0.5, 0.6) is 0 Å². The smallest absolute Gasteiger partial charge is 0.254 e. The van der Waals surface area contributed by atoms with Crippen LogP contribution in [0.4, 0.5) is 5.69 Å². The molecule has 2 heterocycles. The van der Waals surface area contributed by atoms with Gasteiger partial charge < -0.3 is 19.8 Å². The number of carbonyl (C=O) groups excluding carboxylic acids is 2. The summed E-state index contributed by atoms with van der Waals surface area (Å²) in [4.78, 5) is 33.3. The van der Waals surface area contributed by atoms with Gasteiger partial charge in [0.1, 0.15) is 5.60 Å². The summed E-state index contributed by atoms with van der Waals surface area (Å²) in [6.07, 6.45) is 2.66. The van der Waals surface area contributed by atoms with Gasteiger partial charge in [-0.2, -0.15) is 0 Å². The number of anilines is 1. The summed E-state index contributed by atoms with van der Waals surface area (Å²) in [5, 5.41) is 11.2. The molecule has 3 rings (SSSR count). The molecule has 7 nitrogen and oxygen atoms in total. The number of nitrogens with zero attached hydrogens (tertiary/aromatic N) is 4. The first-order valence-electron chi connectivity index (χ1n) is 12.1. The van der Waals surface area contributed by atoms with E-state index in [0.717, 1.165) is 51.1 Å². The van der Waals surface area contributed by atoms with Crippen molar-refractivity contribution in [2.75, 3.05) is 58.3 Å². The molecule has 8 heteroatoms. The zero-order valence-corrected chi connectivity index (χ0v) is 21.4. The second-order valence-corrected chi connectivity index (χ2v) is 10.3. The fraction of sp³-hybridized carbons (Fsp3) is 0.680. The highest BCUT2D eigenvalue weighted by Crippen LogP contribution is 2.28. The maximum Gasteiger partial charge on any atom is 0.254 e. The van der Waals surface area contributed by atoms with E-state index >= 15 is 0 Å².